The average molecular weight is 482 g/mol. The number of fused-ring (bicyclic) bond motifs is 1. The minimum absolute atomic E-state index is 0.386. The van der Waals surface area contributed by atoms with Gasteiger partial charge < -0.3 is 14.8 Å². The highest BCUT2D eigenvalue weighted by Gasteiger charge is 2.13. The van der Waals surface area contributed by atoms with Crippen molar-refractivity contribution in [3.8, 4) is 11.5 Å². The third kappa shape index (κ3) is 6.07. The van der Waals surface area contributed by atoms with Gasteiger partial charge >= 0.3 is 11.8 Å². The van der Waals surface area contributed by atoms with Crippen molar-refractivity contribution in [2.75, 3.05) is 12.4 Å². The van der Waals surface area contributed by atoms with Crippen LogP contribution in [0.2, 0.25) is 0 Å². The molecule has 0 atom stereocenters. The van der Waals surface area contributed by atoms with Crippen LogP contribution < -0.4 is 20.2 Å². The Balaban J connectivity index is 1.37. The molecule has 0 heterocycles. The summed E-state index contributed by atoms with van der Waals surface area (Å²) in [6.45, 7) is 4.22. The van der Waals surface area contributed by atoms with Gasteiger partial charge in [-0.15, -0.1) is 0 Å². The maximum atomic E-state index is 12.2. The molecule has 36 heavy (non-hydrogen) atoms. The molecule has 0 bridgehead atoms. The Hall–Kier alpha value is -4.65. The molecular weight excluding hydrogens is 454 g/mol. The molecule has 0 radical (unpaired) electrons. The summed E-state index contributed by atoms with van der Waals surface area (Å²) in [6.07, 6.45) is 1.43. The van der Waals surface area contributed by atoms with Crippen molar-refractivity contribution in [3.05, 3.63) is 101 Å². The molecule has 7 nitrogen and oxygen atoms in total. The highest BCUT2D eigenvalue weighted by Crippen LogP contribution is 2.29. The number of benzene rings is 4. The first-order valence-corrected chi connectivity index (χ1v) is 11.4. The molecule has 0 spiro atoms. The second-order valence-electron chi connectivity index (χ2n) is 8.37. The van der Waals surface area contributed by atoms with Crippen molar-refractivity contribution in [1.29, 1.82) is 0 Å². The third-order valence-corrected chi connectivity index (χ3v) is 5.52. The summed E-state index contributed by atoms with van der Waals surface area (Å²) >= 11 is 0. The molecular formula is C29H27N3O4. The standard InChI is InChI=1S/C29H27N3O4/c1-19-13-20(2)15-24(14-19)31-28(33)29(34)32-30-17-21-11-12-26(27(16-21)35-3)36-18-23-9-6-8-22-7-4-5-10-25(22)23/h4-17H,18H2,1-3H3,(H,31,33)(H,32,34)/b30-17+. The number of hydrogen-bond acceptors (Lipinski definition) is 5. The van der Waals surface area contributed by atoms with E-state index in [1.807, 2.05) is 44.2 Å². The number of carbonyl (C=O) groups excluding carboxylic acids is 2. The van der Waals surface area contributed by atoms with Crippen LogP contribution in [0, 0.1) is 13.8 Å². The van der Waals surface area contributed by atoms with Gasteiger partial charge in [-0.05, 0) is 77.2 Å². The van der Waals surface area contributed by atoms with Gasteiger partial charge in [-0.25, -0.2) is 5.43 Å². The number of ether oxygens (including phenoxy) is 2. The predicted octanol–water partition coefficient (Wildman–Crippen LogP) is 5.13. The lowest BCUT2D eigenvalue weighted by molar-refractivity contribution is -0.136. The summed E-state index contributed by atoms with van der Waals surface area (Å²) in [5.41, 5.74) is 6.51. The number of anilines is 1. The summed E-state index contributed by atoms with van der Waals surface area (Å²) in [6, 6.07) is 25.1. The molecule has 0 saturated heterocycles. The van der Waals surface area contributed by atoms with Crippen LogP contribution in [0.25, 0.3) is 10.8 Å². The predicted molar refractivity (Wildman–Crippen MR) is 142 cm³/mol. The average Bonchev–Trinajstić information content (AvgIpc) is 2.87. The van der Waals surface area contributed by atoms with Crippen molar-refractivity contribution in [2.24, 2.45) is 5.10 Å². The lowest BCUT2D eigenvalue weighted by Crippen LogP contribution is -2.32. The van der Waals surface area contributed by atoms with E-state index in [4.69, 9.17) is 9.47 Å². The van der Waals surface area contributed by atoms with Crippen LogP contribution >= 0.6 is 0 Å². The number of nitrogens with zero attached hydrogens (tertiary/aromatic N) is 1. The molecule has 7 heteroatoms. The van der Waals surface area contributed by atoms with Gasteiger partial charge in [0.1, 0.15) is 6.61 Å². The fourth-order valence-electron chi connectivity index (χ4n) is 3.91. The Morgan fingerprint density at radius 1 is 0.861 bits per heavy atom. The lowest BCUT2D eigenvalue weighted by atomic mass is 10.1. The number of carbonyl (C=O) groups is 2. The normalized spacial score (nSPS) is 10.9. The van der Waals surface area contributed by atoms with E-state index in [1.54, 1.807) is 37.4 Å². The Morgan fingerprint density at radius 2 is 1.61 bits per heavy atom. The summed E-state index contributed by atoms with van der Waals surface area (Å²) in [4.78, 5) is 24.3. The van der Waals surface area contributed by atoms with Crippen LogP contribution in [0.3, 0.4) is 0 Å². The molecule has 182 valence electrons. The molecule has 0 aliphatic carbocycles. The number of rotatable bonds is 7. The summed E-state index contributed by atoms with van der Waals surface area (Å²) in [5.74, 6) is -0.558. The first-order valence-electron chi connectivity index (χ1n) is 11.4. The van der Waals surface area contributed by atoms with E-state index in [9.17, 15) is 9.59 Å². The topological polar surface area (TPSA) is 89.0 Å². The van der Waals surface area contributed by atoms with Crippen LogP contribution in [-0.2, 0) is 16.2 Å². The SMILES string of the molecule is COc1cc(/C=N/NC(=O)C(=O)Nc2cc(C)cc(C)c2)ccc1OCc1cccc2ccccc12. The third-order valence-electron chi connectivity index (χ3n) is 5.52. The zero-order valence-corrected chi connectivity index (χ0v) is 20.4. The Kier molecular flexibility index (Phi) is 7.60. The summed E-state index contributed by atoms with van der Waals surface area (Å²) in [7, 11) is 1.56. The van der Waals surface area contributed by atoms with Gasteiger partial charge in [0.15, 0.2) is 11.5 Å². The van der Waals surface area contributed by atoms with Crippen LogP contribution in [0.5, 0.6) is 11.5 Å². The molecule has 4 aromatic rings. The zero-order chi connectivity index (χ0) is 25.5. The van der Waals surface area contributed by atoms with Crippen molar-refractivity contribution in [2.45, 2.75) is 20.5 Å². The van der Waals surface area contributed by atoms with Crippen LogP contribution in [0.15, 0.2) is 84.0 Å². The second-order valence-corrected chi connectivity index (χ2v) is 8.37. The Morgan fingerprint density at radius 3 is 2.39 bits per heavy atom. The molecule has 0 aliphatic rings. The monoisotopic (exact) mass is 481 g/mol. The fourth-order valence-corrected chi connectivity index (χ4v) is 3.91. The van der Waals surface area contributed by atoms with Gasteiger partial charge in [0, 0.05) is 5.69 Å². The van der Waals surface area contributed by atoms with E-state index in [2.05, 4.69) is 34.0 Å². The van der Waals surface area contributed by atoms with Crippen LogP contribution in [-0.4, -0.2) is 25.1 Å². The van der Waals surface area contributed by atoms with Gasteiger partial charge in [0.05, 0.1) is 13.3 Å². The number of methoxy groups -OCH3 is 1. The molecule has 2 amide bonds. The van der Waals surface area contributed by atoms with Gasteiger partial charge in [0.25, 0.3) is 0 Å². The smallest absolute Gasteiger partial charge is 0.329 e. The van der Waals surface area contributed by atoms with E-state index < -0.39 is 11.8 Å². The van der Waals surface area contributed by atoms with E-state index in [0.717, 1.165) is 27.5 Å². The molecule has 2 N–H and O–H groups in total. The van der Waals surface area contributed by atoms with Gasteiger partial charge in [-0.3, -0.25) is 9.59 Å². The van der Waals surface area contributed by atoms with Crippen molar-refractivity contribution < 1.29 is 19.1 Å². The van der Waals surface area contributed by atoms with E-state index in [1.165, 1.54) is 6.21 Å². The van der Waals surface area contributed by atoms with Crippen molar-refractivity contribution in [3.63, 3.8) is 0 Å². The summed E-state index contributed by atoms with van der Waals surface area (Å²) < 4.78 is 11.5. The molecule has 0 unspecified atom stereocenters. The van der Waals surface area contributed by atoms with Gasteiger partial charge in [-0.2, -0.15) is 5.10 Å². The molecule has 4 rings (SSSR count). The number of nitrogens with one attached hydrogen (secondary N) is 2. The van der Waals surface area contributed by atoms with Gasteiger partial charge in [0.2, 0.25) is 0 Å². The summed E-state index contributed by atoms with van der Waals surface area (Å²) in [5, 5.41) is 8.76. The molecule has 0 aliphatic heterocycles. The van der Waals surface area contributed by atoms with Crippen LogP contribution in [0.1, 0.15) is 22.3 Å². The molecule has 0 fully saturated rings. The number of hydrogen-bond donors (Lipinski definition) is 2. The first-order chi connectivity index (χ1) is 17.4. The van der Waals surface area contributed by atoms with E-state index >= 15 is 0 Å². The first kappa shape index (κ1) is 24.5. The Bertz CT molecular complexity index is 1420. The number of amides is 2. The Labute approximate surface area is 209 Å². The second kappa shape index (κ2) is 11.2. The highest BCUT2D eigenvalue weighted by atomic mass is 16.5. The molecule has 0 aromatic heterocycles. The van der Waals surface area contributed by atoms with Crippen molar-refractivity contribution >= 4 is 34.5 Å². The van der Waals surface area contributed by atoms with Crippen LogP contribution in [0.4, 0.5) is 5.69 Å². The number of aryl methyl sites for hydroxylation is 2. The molecule has 0 saturated carbocycles. The lowest BCUT2D eigenvalue weighted by Gasteiger charge is -2.12. The van der Waals surface area contributed by atoms with E-state index in [0.29, 0.717) is 29.4 Å². The minimum atomic E-state index is -0.868. The van der Waals surface area contributed by atoms with Gasteiger partial charge in [-0.1, -0.05) is 48.5 Å². The molecule has 4 aromatic carbocycles. The fraction of sp³-hybridized carbons (Fsp3) is 0.138. The highest BCUT2D eigenvalue weighted by molar-refractivity contribution is 6.39. The van der Waals surface area contributed by atoms with Crippen molar-refractivity contribution in [1.82, 2.24) is 5.43 Å². The van der Waals surface area contributed by atoms with E-state index in [-0.39, 0.29) is 0 Å². The number of hydrazone groups is 1. The minimum Gasteiger partial charge on any atom is -0.493 e. The largest absolute Gasteiger partial charge is 0.493 e. The quantitative estimate of drug-likeness (QED) is 0.218. The maximum absolute atomic E-state index is 12.2. The maximum Gasteiger partial charge on any atom is 0.329 e. The zero-order valence-electron chi connectivity index (χ0n) is 20.4.